The Labute approximate surface area is 125 Å². The monoisotopic (exact) mass is 332 g/mol. The maximum absolute atomic E-state index is 5.30. The molecule has 0 unspecified atom stereocenters. The first-order chi connectivity index (χ1) is 9.72. The lowest BCUT2D eigenvalue weighted by Gasteiger charge is -2.09. The highest BCUT2D eigenvalue weighted by Crippen LogP contribution is 2.29. The number of para-hydroxylation sites is 1. The van der Waals surface area contributed by atoms with Gasteiger partial charge in [0.05, 0.1) is 25.4 Å². The second-order valence-corrected chi connectivity index (χ2v) is 5.04. The number of rotatable bonds is 3. The molecule has 0 saturated heterocycles. The smallest absolute Gasteiger partial charge is 0.136 e. The van der Waals surface area contributed by atoms with Gasteiger partial charge in [-0.05, 0) is 22.0 Å². The van der Waals surface area contributed by atoms with Gasteiger partial charge in [-0.3, -0.25) is 0 Å². The third-order valence-electron chi connectivity index (χ3n) is 3.12. The molecule has 1 aromatic heterocycles. The summed E-state index contributed by atoms with van der Waals surface area (Å²) in [6.07, 6.45) is 0. The van der Waals surface area contributed by atoms with E-state index >= 15 is 0 Å². The standard InChI is InChI=1S/C15H13BrN2O2/c1-19-11-7-10(8-12(9-11)20-2)18-14-6-4-3-5-13(14)15(16)17-18/h3-9H,1-2H3. The zero-order chi connectivity index (χ0) is 14.1. The van der Waals surface area contributed by atoms with Gasteiger partial charge < -0.3 is 9.47 Å². The normalized spacial score (nSPS) is 10.8. The van der Waals surface area contributed by atoms with Gasteiger partial charge in [0.1, 0.15) is 16.1 Å². The fourth-order valence-corrected chi connectivity index (χ4v) is 2.63. The molecule has 0 aliphatic rings. The molecule has 5 heteroatoms. The van der Waals surface area contributed by atoms with E-state index < -0.39 is 0 Å². The van der Waals surface area contributed by atoms with E-state index in [1.807, 2.05) is 47.1 Å². The van der Waals surface area contributed by atoms with Crippen molar-refractivity contribution < 1.29 is 9.47 Å². The zero-order valence-electron chi connectivity index (χ0n) is 11.1. The van der Waals surface area contributed by atoms with Gasteiger partial charge in [0.25, 0.3) is 0 Å². The lowest BCUT2D eigenvalue weighted by Crippen LogP contribution is -1.98. The molecular formula is C15H13BrN2O2. The molecule has 3 rings (SSSR count). The number of hydrogen-bond donors (Lipinski definition) is 0. The van der Waals surface area contributed by atoms with E-state index in [4.69, 9.17) is 9.47 Å². The molecule has 2 aromatic carbocycles. The van der Waals surface area contributed by atoms with E-state index in [9.17, 15) is 0 Å². The first-order valence-corrected chi connectivity index (χ1v) is 6.89. The van der Waals surface area contributed by atoms with Crippen LogP contribution in [0.15, 0.2) is 47.1 Å². The average Bonchev–Trinajstić information content (AvgIpc) is 2.84. The molecule has 3 aromatic rings. The van der Waals surface area contributed by atoms with Gasteiger partial charge in [-0.2, -0.15) is 5.10 Å². The maximum Gasteiger partial charge on any atom is 0.136 e. The van der Waals surface area contributed by atoms with Gasteiger partial charge in [0.2, 0.25) is 0 Å². The summed E-state index contributed by atoms with van der Waals surface area (Å²) in [6, 6.07) is 13.7. The minimum Gasteiger partial charge on any atom is -0.497 e. The van der Waals surface area contributed by atoms with Crippen LogP contribution in [-0.2, 0) is 0 Å². The summed E-state index contributed by atoms with van der Waals surface area (Å²) in [7, 11) is 3.27. The fourth-order valence-electron chi connectivity index (χ4n) is 2.14. The molecule has 0 N–H and O–H groups in total. The first kappa shape index (κ1) is 13.0. The third-order valence-corrected chi connectivity index (χ3v) is 3.71. The largest absolute Gasteiger partial charge is 0.497 e. The molecule has 0 aliphatic heterocycles. The van der Waals surface area contributed by atoms with E-state index in [-0.39, 0.29) is 0 Å². The summed E-state index contributed by atoms with van der Waals surface area (Å²) in [5.41, 5.74) is 1.91. The second kappa shape index (κ2) is 5.17. The number of aromatic nitrogens is 2. The molecule has 0 bridgehead atoms. The van der Waals surface area contributed by atoms with Crippen LogP contribution in [0.2, 0.25) is 0 Å². The van der Waals surface area contributed by atoms with Gasteiger partial charge in [-0.1, -0.05) is 18.2 Å². The van der Waals surface area contributed by atoms with Gasteiger partial charge in [-0.15, -0.1) is 0 Å². The Morgan fingerprint density at radius 3 is 2.30 bits per heavy atom. The van der Waals surface area contributed by atoms with Crippen molar-refractivity contribution in [1.29, 1.82) is 0 Å². The van der Waals surface area contributed by atoms with Crippen molar-refractivity contribution in [3.05, 3.63) is 47.1 Å². The van der Waals surface area contributed by atoms with Crippen molar-refractivity contribution >= 4 is 26.8 Å². The predicted molar refractivity (Wildman–Crippen MR) is 81.9 cm³/mol. The van der Waals surface area contributed by atoms with Crippen LogP contribution in [0.5, 0.6) is 11.5 Å². The number of benzene rings is 2. The lowest BCUT2D eigenvalue weighted by atomic mass is 10.2. The molecule has 20 heavy (non-hydrogen) atoms. The van der Waals surface area contributed by atoms with E-state index in [2.05, 4.69) is 21.0 Å². The summed E-state index contributed by atoms with van der Waals surface area (Å²) in [5.74, 6) is 1.46. The quantitative estimate of drug-likeness (QED) is 0.731. The molecule has 0 radical (unpaired) electrons. The summed E-state index contributed by atoms with van der Waals surface area (Å²) >= 11 is 3.49. The Morgan fingerprint density at radius 2 is 1.65 bits per heavy atom. The van der Waals surface area contributed by atoms with Gasteiger partial charge in [-0.25, -0.2) is 4.68 Å². The van der Waals surface area contributed by atoms with Crippen LogP contribution in [0.3, 0.4) is 0 Å². The fraction of sp³-hybridized carbons (Fsp3) is 0.133. The summed E-state index contributed by atoms with van der Waals surface area (Å²) in [4.78, 5) is 0. The number of ether oxygens (including phenoxy) is 2. The zero-order valence-corrected chi connectivity index (χ0v) is 12.7. The van der Waals surface area contributed by atoms with Crippen molar-refractivity contribution in [2.45, 2.75) is 0 Å². The highest BCUT2D eigenvalue weighted by molar-refractivity contribution is 9.10. The van der Waals surface area contributed by atoms with Crippen molar-refractivity contribution in [3.8, 4) is 17.2 Å². The van der Waals surface area contributed by atoms with Gasteiger partial charge in [0.15, 0.2) is 0 Å². The molecule has 0 amide bonds. The topological polar surface area (TPSA) is 36.3 Å². The average molecular weight is 333 g/mol. The van der Waals surface area contributed by atoms with Crippen molar-refractivity contribution in [2.24, 2.45) is 0 Å². The Kier molecular flexibility index (Phi) is 3.36. The number of nitrogens with zero attached hydrogens (tertiary/aromatic N) is 2. The molecule has 0 atom stereocenters. The molecule has 1 heterocycles. The van der Waals surface area contributed by atoms with E-state index in [0.29, 0.717) is 0 Å². The minimum atomic E-state index is 0.732. The number of fused-ring (bicyclic) bond motifs is 1. The summed E-state index contributed by atoms with van der Waals surface area (Å²) < 4.78 is 13.3. The highest BCUT2D eigenvalue weighted by atomic mass is 79.9. The first-order valence-electron chi connectivity index (χ1n) is 6.09. The van der Waals surface area contributed by atoms with Gasteiger partial charge >= 0.3 is 0 Å². The van der Waals surface area contributed by atoms with Crippen LogP contribution in [0.4, 0.5) is 0 Å². The molecule has 0 spiro atoms. The van der Waals surface area contributed by atoms with Crippen LogP contribution >= 0.6 is 15.9 Å². The summed E-state index contributed by atoms with van der Waals surface area (Å²) in [5, 5.41) is 5.60. The van der Waals surface area contributed by atoms with Crippen LogP contribution in [0.25, 0.3) is 16.6 Å². The Hall–Kier alpha value is -2.01. The van der Waals surface area contributed by atoms with E-state index in [1.54, 1.807) is 14.2 Å². The van der Waals surface area contributed by atoms with E-state index in [1.165, 1.54) is 0 Å². The number of halogens is 1. The van der Waals surface area contributed by atoms with Crippen molar-refractivity contribution in [2.75, 3.05) is 14.2 Å². The SMILES string of the molecule is COc1cc(OC)cc(-n2nc(Br)c3ccccc32)c1. The molecule has 4 nitrogen and oxygen atoms in total. The molecular weight excluding hydrogens is 320 g/mol. The van der Waals surface area contributed by atoms with E-state index in [0.717, 1.165) is 32.7 Å². The Morgan fingerprint density at radius 1 is 1.00 bits per heavy atom. The molecule has 0 saturated carbocycles. The predicted octanol–water partition coefficient (Wildman–Crippen LogP) is 3.81. The second-order valence-electron chi connectivity index (χ2n) is 4.29. The van der Waals surface area contributed by atoms with Crippen LogP contribution < -0.4 is 9.47 Å². The summed E-state index contributed by atoms with van der Waals surface area (Å²) in [6.45, 7) is 0. The number of methoxy groups -OCH3 is 2. The van der Waals surface area contributed by atoms with Crippen molar-refractivity contribution in [3.63, 3.8) is 0 Å². The number of hydrogen-bond acceptors (Lipinski definition) is 3. The lowest BCUT2D eigenvalue weighted by molar-refractivity contribution is 0.394. The molecule has 102 valence electrons. The minimum absolute atomic E-state index is 0.732. The van der Waals surface area contributed by atoms with Crippen LogP contribution in [0.1, 0.15) is 0 Å². The Bertz CT molecular complexity index is 745. The molecule has 0 fully saturated rings. The van der Waals surface area contributed by atoms with Crippen LogP contribution in [-0.4, -0.2) is 24.0 Å². The Balaban J connectivity index is 2.25. The highest BCUT2D eigenvalue weighted by Gasteiger charge is 2.11. The molecule has 0 aliphatic carbocycles. The van der Waals surface area contributed by atoms with Crippen molar-refractivity contribution in [1.82, 2.24) is 9.78 Å². The van der Waals surface area contributed by atoms with Crippen LogP contribution in [0, 0.1) is 0 Å². The van der Waals surface area contributed by atoms with Gasteiger partial charge in [0, 0.05) is 23.6 Å². The third kappa shape index (κ3) is 2.14. The maximum atomic E-state index is 5.30.